The lowest BCUT2D eigenvalue weighted by Crippen LogP contribution is -2.32. The normalized spacial score (nSPS) is 16.7. The Kier molecular flexibility index (Phi) is 4.22. The predicted molar refractivity (Wildman–Crippen MR) is 90.2 cm³/mol. The number of pyridine rings is 2. The standard InChI is InChI=1S/C17H17N2O3P/c1-10(20)15-14-3-2-12(11-4-6-18-7-5-11)8-13(14)9-19(16(15)21)17(22)23/h4-7,9,12H,2-3,8,23H2,1H3. The average Bonchev–Trinajstić information content (AvgIpc) is 2.54. The molecule has 1 aliphatic carbocycles. The summed E-state index contributed by atoms with van der Waals surface area (Å²) < 4.78 is 1.02. The summed E-state index contributed by atoms with van der Waals surface area (Å²) in [5.74, 6) is 0.0186. The van der Waals surface area contributed by atoms with Crippen molar-refractivity contribution >= 4 is 20.7 Å². The first kappa shape index (κ1) is 15.8. The first-order valence-corrected chi connectivity index (χ1v) is 8.05. The topological polar surface area (TPSA) is 69.0 Å². The summed E-state index contributed by atoms with van der Waals surface area (Å²) in [7, 11) is 1.99. The molecule has 2 unspecified atom stereocenters. The zero-order valence-electron chi connectivity index (χ0n) is 12.8. The van der Waals surface area contributed by atoms with Crippen LogP contribution in [0.25, 0.3) is 0 Å². The van der Waals surface area contributed by atoms with Crippen molar-refractivity contribution in [2.45, 2.75) is 32.1 Å². The molecule has 0 fully saturated rings. The number of ketones is 1. The molecule has 5 nitrogen and oxygen atoms in total. The molecule has 2 atom stereocenters. The van der Waals surface area contributed by atoms with Gasteiger partial charge in [0.25, 0.3) is 5.56 Å². The summed E-state index contributed by atoms with van der Waals surface area (Å²) in [5.41, 5.74) is 2.08. The molecule has 0 amide bonds. The molecule has 0 radical (unpaired) electrons. The van der Waals surface area contributed by atoms with Crippen LogP contribution in [0.3, 0.4) is 0 Å². The molecule has 0 saturated carbocycles. The van der Waals surface area contributed by atoms with Crippen LogP contribution in [-0.2, 0) is 12.8 Å². The van der Waals surface area contributed by atoms with Gasteiger partial charge in [-0.2, -0.15) is 0 Å². The number of hydrogen-bond donors (Lipinski definition) is 0. The van der Waals surface area contributed by atoms with Crippen LogP contribution in [0, 0.1) is 0 Å². The summed E-state index contributed by atoms with van der Waals surface area (Å²) in [4.78, 5) is 40.0. The van der Waals surface area contributed by atoms with E-state index in [4.69, 9.17) is 0 Å². The van der Waals surface area contributed by atoms with Crippen LogP contribution in [-0.4, -0.2) is 21.0 Å². The summed E-state index contributed by atoms with van der Waals surface area (Å²) in [6.07, 6.45) is 7.36. The fourth-order valence-electron chi connectivity index (χ4n) is 3.30. The van der Waals surface area contributed by atoms with E-state index >= 15 is 0 Å². The first-order chi connectivity index (χ1) is 11.0. The van der Waals surface area contributed by atoms with Gasteiger partial charge >= 0.3 is 0 Å². The SMILES string of the molecule is CC(=O)c1c2c(cn(C(=O)P)c1=O)CC(c1ccncc1)CC2. The maximum absolute atomic E-state index is 12.4. The van der Waals surface area contributed by atoms with Gasteiger partial charge in [0.2, 0.25) is 5.65 Å². The molecule has 0 saturated heterocycles. The molecule has 6 heteroatoms. The second-order valence-electron chi connectivity index (χ2n) is 5.80. The number of rotatable bonds is 2. The molecule has 0 spiro atoms. The highest BCUT2D eigenvalue weighted by Crippen LogP contribution is 2.33. The lowest BCUT2D eigenvalue weighted by Gasteiger charge is -2.26. The number of Topliss-reactive ketones (excluding diaryl/α,β-unsaturated/α-hetero) is 1. The van der Waals surface area contributed by atoms with Crippen molar-refractivity contribution in [2.75, 3.05) is 0 Å². The second-order valence-corrected chi connectivity index (χ2v) is 6.29. The fourth-order valence-corrected chi connectivity index (χ4v) is 3.49. The molecule has 0 N–H and O–H groups in total. The minimum Gasteiger partial charge on any atom is -0.294 e. The van der Waals surface area contributed by atoms with Gasteiger partial charge in [-0.1, -0.05) is 0 Å². The number of hydrogen-bond acceptors (Lipinski definition) is 4. The van der Waals surface area contributed by atoms with Crippen molar-refractivity contribution in [3.05, 3.63) is 63.3 Å². The molecule has 2 aromatic heterocycles. The average molecular weight is 328 g/mol. The van der Waals surface area contributed by atoms with Gasteiger partial charge in [0.1, 0.15) is 0 Å². The number of fused-ring (bicyclic) bond motifs is 1. The van der Waals surface area contributed by atoms with Crippen LogP contribution >= 0.6 is 9.24 Å². The Morgan fingerprint density at radius 1 is 1.30 bits per heavy atom. The van der Waals surface area contributed by atoms with E-state index in [1.165, 1.54) is 12.5 Å². The second kappa shape index (κ2) is 6.17. The molecule has 0 aromatic carbocycles. The van der Waals surface area contributed by atoms with Crippen molar-refractivity contribution in [1.29, 1.82) is 0 Å². The van der Waals surface area contributed by atoms with E-state index < -0.39 is 11.2 Å². The van der Waals surface area contributed by atoms with E-state index in [2.05, 4.69) is 4.98 Å². The largest absolute Gasteiger partial charge is 0.294 e. The van der Waals surface area contributed by atoms with Crippen molar-refractivity contribution < 1.29 is 9.59 Å². The summed E-state index contributed by atoms with van der Waals surface area (Å²) in [5, 5.41) is 0. The Hall–Kier alpha value is -2.13. The Labute approximate surface area is 136 Å². The lowest BCUT2D eigenvalue weighted by molar-refractivity contribution is 0.101. The van der Waals surface area contributed by atoms with Crippen LogP contribution in [0.15, 0.2) is 35.5 Å². The van der Waals surface area contributed by atoms with Gasteiger partial charge in [0.15, 0.2) is 5.78 Å². The molecule has 0 bridgehead atoms. The molecule has 1 aliphatic rings. The van der Waals surface area contributed by atoms with E-state index in [0.717, 1.165) is 22.1 Å². The lowest BCUT2D eigenvalue weighted by atomic mass is 9.79. The van der Waals surface area contributed by atoms with E-state index in [1.54, 1.807) is 18.6 Å². The fraction of sp³-hybridized carbons (Fsp3) is 0.294. The van der Waals surface area contributed by atoms with Crippen LogP contribution < -0.4 is 5.56 Å². The first-order valence-electron chi connectivity index (χ1n) is 7.47. The summed E-state index contributed by atoms with van der Waals surface area (Å²) in [6.45, 7) is 1.38. The number of aromatic nitrogens is 2. The van der Waals surface area contributed by atoms with E-state index in [-0.39, 0.29) is 11.3 Å². The van der Waals surface area contributed by atoms with Gasteiger partial charge in [-0.25, -0.2) is 4.57 Å². The molecule has 0 aliphatic heterocycles. The van der Waals surface area contributed by atoms with Crippen molar-refractivity contribution in [3.63, 3.8) is 0 Å². The van der Waals surface area contributed by atoms with Crippen LogP contribution in [0.4, 0.5) is 4.79 Å². The highest BCUT2D eigenvalue weighted by Gasteiger charge is 2.27. The molecule has 2 aromatic rings. The van der Waals surface area contributed by atoms with Crippen molar-refractivity contribution in [1.82, 2.24) is 9.55 Å². The van der Waals surface area contributed by atoms with Gasteiger partial charge in [-0.05, 0) is 70.2 Å². The number of nitrogens with zero attached hydrogens (tertiary/aromatic N) is 2. The van der Waals surface area contributed by atoms with Gasteiger partial charge in [0, 0.05) is 18.6 Å². The molecule has 118 valence electrons. The summed E-state index contributed by atoms with van der Waals surface area (Å²) >= 11 is 0. The molecular weight excluding hydrogens is 311 g/mol. The number of carbonyl (C=O) groups is 2. The van der Waals surface area contributed by atoms with Gasteiger partial charge in [-0.3, -0.25) is 19.4 Å². The van der Waals surface area contributed by atoms with Crippen LogP contribution in [0.5, 0.6) is 0 Å². The zero-order valence-corrected chi connectivity index (χ0v) is 13.9. The highest BCUT2D eigenvalue weighted by molar-refractivity contribution is 7.39. The van der Waals surface area contributed by atoms with Gasteiger partial charge < -0.3 is 0 Å². The molecule has 23 heavy (non-hydrogen) atoms. The quantitative estimate of drug-likeness (QED) is 0.627. The third kappa shape index (κ3) is 2.89. The Bertz CT molecular complexity index is 843. The van der Waals surface area contributed by atoms with Crippen molar-refractivity contribution in [2.24, 2.45) is 0 Å². The smallest absolute Gasteiger partial charge is 0.268 e. The molecular formula is C17H17N2O3P. The number of carbonyl (C=O) groups excluding carboxylic acids is 2. The van der Waals surface area contributed by atoms with E-state index in [9.17, 15) is 14.4 Å². The van der Waals surface area contributed by atoms with Crippen LogP contribution in [0.2, 0.25) is 0 Å². The maximum atomic E-state index is 12.4. The van der Waals surface area contributed by atoms with Crippen molar-refractivity contribution in [3.8, 4) is 0 Å². The highest BCUT2D eigenvalue weighted by atomic mass is 31.0. The van der Waals surface area contributed by atoms with E-state index in [0.29, 0.717) is 18.8 Å². The predicted octanol–water partition coefficient (Wildman–Crippen LogP) is 2.56. The Morgan fingerprint density at radius 2 is 2.00 bits per heavy atom. The minimum absolute atomic E-state index is 0.159. The Balaban J connectivity index is 2.11. The van der Waals surface area contributed by atoms with E-state index in [1.807, 2.05) is 21.4 Å². The minimum atomic E-state index is -0.515. The van der Waals surface area contributed by atoms with Gasteiger partial charge in [0.05, 0.1) is 5.56 Å². The third-order valence-corrected chi connectivity index (χ3v) is 4.66. The zero-order chi connectivity index (χ0) is 16.6. The maximum Gasteiger partial charge on any atom is 0.268 e. The molecule has 3 rings (SSSR count). The Morgan fingerprint density at radius 3 is 2.61 bits per heavy atom. The molecule has 2 heterocycles. The monoisotopic (exact) mass is 328 g/mol. The summed E-state index contributed by atoms with van der Waals surface area (Å²) in [6, 6.07) is 3.97. The third-order valence-electron chi connectivity index (χ3n) is 4.38. The van der Waals surface area contributed by atoms with Gasteiger partial charge in [-0.15, -0.1) is 0 Å². The van der Waals surface area contributed by atoms with Crippen LogP contribution in [0.1, 0.15) is 46.3 Å².